The Morgan fingerprint density at radius 1 is 1.24 bits per heavy atom. The number of alkyl halides is 3. The third-order valence-electron chi connectivity index (χ3n) is 2.81. The van der Waals surface area contributed by atoms with E-state index in [1.807, 2.05) is 0 Å². The minimum atomic E-state index is -4.63. The van der Waals surface area contributed by atoms with Crippen molar-refractivity contribution in [3.63, 3.8) is 0 Å². The minimum absolute atomic E-state index is 0.192. The number of halogens is 3. The van der Waals surface area contributed by atoms with Crippen LogP contribution in [0.3, 0.4) is 0 Å². The predicted octanol–water partition coefficient (Wildman–Crippen LogP) is 3.80. The number of benzene rings is 1. The molecule has 1 aliphatic rings. The lowest BCUT2D eigenvalue weighted by Crippen LogP contribution is -2.18. The van der Waals surface area contributed by atoms with E-state index in [4.69, 9.17) is 0 Å². The number of rotatable bonds is 4. The molecule has 1 saturated carbocycles. The van der Waals surface area contributed by atoms with Crippen molar-refractivity contribution in [3.05, 3.63) is 24.3 Å². The molecule has 1 aliphatic carbocycles. The number of hydrogen-bond donors (Lipinski definition) is 1. The third-order valence-corrected chi connectivity index (χ3v) is 2.81. The molecule has 0 spiro atoms. The van der Waals surface area contributed by atoms with Crippen LogP contribution in [-0.2, 0) is 0 Å². The summed E-state index contributed by atoms with van der Waals surface area (Å²) in [5.74, 6) is 0.503. The second kappa shape index (κ2) is 4.47. The highest BCUT2D eigenvalue weighted by Crippen LogP contribution is 2.34. The highest BCUT2D eigenvalue weighted by molar-refractivity contribution is 5.47. The summed E-state index contributed by atoms with van der Waals surface area (Å²) >= 11 is 0. The molecule has 1 aromatic rings. The molecule has 0 aliphatic heterocycles. The van der Waals surface area contributed by atoms with Crippen LogP contribution in [0.15, 0.2) is 24.3 Å². The van der Waals surface area contributed by atoms with Crippen molar-refractivity contribution in [2.75, 3.05) is 5.32 Å². The van der Waals surface area contributed by atoms with Gasteiger partial charge in [0.2, 0.25) is 0 Å². The summed E-state index contributed by atoms with van der Waals surface area (Å²) in [6, 6.07) is 6.19. The Labute approximate surface area is 97.8 Å². The minimum Gasteiger partial charge on any atom is -0.406 e. The number of ether oxygens (including phenoxy) is 1. The van der Waals surface area contributed by atoms with Crippen molar-refractivity contribution in [2.45, 2.75) is 32.2 Å². The van der Waals surface area contributed by atoms with Gasteiger partial charge >= 0.3 is 6.36 Å². The standard InChI is InChI=1S/C12H14F3NO/c1-8(9-2-3-9)16-10-4-6-11(7-5-10)17-12(13,14)15/h4-9,16H,2-3H2,1H3. The highest BCUT2D eigenvalue weighted by atomic mass is 19.4. The van der Waals surface area contributed by atoms with Crippen molar-refractivity contribution in [2.24, 2.45) is 5.92 Å². The van der Waals surface area contributed by atoms with Crippen LogP contribution in [0.4, 0.5) is 18.9 Å². The average molecular weight is 245 g/mol. The lowest BCUT2D eigenvalue weighted by molar-refractivity contribution is -0.274. The Morgan fingerprint density at radius 2 is 1.82 bits per heavy atom. The molecular weight excluding hydrogens is 231 g/mol. The number of nitrogens with one attached hydrogen (secondary N) is 1. The van der Waals surface area contributed by atoms with Crippen molar-refractivity contribution in [3.8, 4) is 5.75 Å². The van der Waals surface area contributed by atoms with Gasteiger partial charge in [-0.05, 0) is 49.9 Å². The fourth-order valence-electron chi connectivity index (χ4n) is 1.73. The quantitative estimate of drug-likeness (QED) is 0.871. The number of anilines is 1. The van der Waals surface area contributed by atoms with E-state index in [1.54, 1.807) is 12.1 Å². The van der Waals surface area contributed by atoms with E-state index >= 15 is 0 Å². The summed E-state index contributed by atoms with van der Waals surface area (Å²) in [7, 11) is 0. The van der Waals surface area contributed by atoms with Crippen LogP contribution in [0.1, 0.15) is 19.8 Å². The molecule has 0 bridgehead atoms. The number of hydrogen-bond acceptors (Lipinski definition) is 2. The van der Waals surface area contributed by atoms with Gasteiger partial charge in [0.05, 0.1) is 0 Å². The molecule has 1 aromatic carbocycles. The van der Waals surface area contributed by atoms with Gasteiger partial charge in [-0.25, -0.2) is 0 Å². The molecule has 94 valence electrons. The summed E-state index contributed by atoms with van der Waals surface area (Å²) in [5.41, 5.74) is 0.818. The van der Waals surface area contributed by atoms with E-state index in [9.17, 15) is 13.2 Å². The topological polar surface area (TPSA) is 21.3 Å². The lowest BCUT2D eigenvalue weighted by atomic mass is 10.2. The molecule has 0 heterocycles. The van der Waals surface area contributed by atoms with Crippen LogP contribution in [0.2, 0.25) is 0 Å². The first kappa shape index (κ1) is 12.1. The zero-order chi connectivity index (χ0) is 12.5. The largest absolute Gasteiger partial charge is 0.573 e. The zero-order valence-corrected chi connectivity index (χ0v) is 9.42. The van der Waals surface area contributed by atoms with Gasteiger partial charge in [0.25, 0.3) is 0 Å². The average Bonchev–Trinajstić information content (AvgIpc) is 3.02. The summed E-state index contributed by atoms with van der Waals surface area (Å²) < 4.78 is 39.6. The van der Waals surface area contributed by atoms with Gasteiger partial charge in [0.15, 0.2) is 0 Å². The van der Waals surface area contributed by atoms with E-state index in [2.05, 4.69) is 17.0 Å². The van der Waals surface area contributed by atoms with Gasteiger partial charge < -0.3 is 10.1 Å². The van der Waals surface area contributed by atoms with Gasteiger partial charge in [-0.3, -0.25) is 0 Å². The molecule has 0 aromatic heterocycles. The van der Waals surface area contributed by atoms with Gasteiger partial charge in [0, 0.05) is 11.7 Å². The van der Waals surface area contributed by atoms with Gasteiger partial charge in [-0.1, -0.05) is 0 Å². The summed E-state index contributed by atoms with van der Waals surface area (Å²) in [4.78, 5) is 0. The molecule has 2 nitrogen and oxygen atoms in total. The Kier molecular flexibility index (Phi) is 3.17. The third kappa shape index (κ3) is 3.84. The van der Waals surface area contributed by atoms with Crippen molar-refractivity contribution in [1.82, 2.24) is 0 Å². The molecule has 5 heteroatoms. The van der Waals surface area contributed by atoms with E-state index in [1.165, 1.54) is 25.0 Å². The molecule has 0 saturated heterocycles. The SMILES string of the molecule is CC(Nc1ccc(OC(F)(F)F)cc1)C1CC1. The van der Waals surface area contributed by atoms with Crippen LogP contribution in [0, 0.1) is 5.92 Å². The van der Waals surface area contributed by atoms with Gasteiger partial charge in [-0.2, -0.15) is 0 Å². The Hall–Kier alpha value is -1.39. The first-order valence-electron chi connectivity index (χ1n) is 5.56. The van der Waals surface area contributed by atoms with E-state index in [-0.39, 0.29) is 5.75 Å². The van der Waals surface area contributed by atoms with Crippen LogP contribution in [0.5, 0.6) is 5.75 Å². The van der Waals surface area contributed by atoms with Crippen LogP contribution < -0.4 is 10.1 Å². The Morgan fingerprint density at radius 3 is 2.29 bits per heavy atom. The van der Waals surface area contributed by atoms with Crippen LogP contribution in [-0.4, -0.2) is 12.4 Å². The summed E-state index contributed by atoms with van der Waals surface area (Å²) in [6.45, 7) is 2.08. The van der Waals surface area contributed by atoms with E-state index in [0.717, 1.165) is 5.69 Å². The second-order valence-electron chi connectivity index (χ2n) is 4.34. The maximum absolute atomic E-state index is 11.9. The molecule has 17 heavy (non-hydrogen) atoms. The maximum Gasteiger partial charge on any atom is 0.573 e. The zero-order valence-electron chi connectivity index (χ0n) is 9.42. The molecular formula is C12H14F3NO. The van der Waals surface area contributed by atoms with Crippen molar-refractivity contribution in [1.29, 1.82) is 0 Å². The molecule has 0 radical (unpaired) electrons. The summed E-state index contributed by atoms with van der Waals surface area (Å²) in [5, 5.41) is 3.26. The predicted molar refractivity (Wildman–Crippen MR) is 58.9 cm³/mol. The molecule has 1 atom stereocenters. The fourth-order valence-corrected chi connectivity index (χ4v) is 1.73. The van der Waals surface area contributed by atoms with Crippen molar-refractivity contribution >= 4 is 5.69 Å². The Balaban J connectivity index is 1.92. The summed E-state index contributed by atoms with van der Waals surface area (Å²) in [6.07, 6.45) is -2.18. The molecule has 2 rings (SSSR count). The lowest BCUT2D eigenvalue weighted by Gasteiger charge is -2.15. The Bertz CT molecular complexity index is 370. The van der Waals surface area contributed by atoms with E-state index in [0.29, 0.717) is 12.0 Å². The molecule has 1 fully saturated rings. The molecule has 1 unspecified atom stereocenters. The smallest absolute Gasteiger partial charge is 0.406 e. The van der Waals surface area contributed by atoms with Crippen LogP contribution in [0.25, 0.3) is 0 Å². The fraction of sp³-hybridized carbons (Fsp3) is 0.500. The van der Waals surface area contributed by atoms with E-state index < -0.39 is 6.36 Å². The van der Waals surface area contributed by atoms with Crippen molar-refractivity contribution < 1.29 is 17.9 Å². The molecule has 1 N–H and O–H groups in total. The monoisotopic (exact) mass is 245 g/mol. The first-order valence-corrected chi connectivity index (χ1v) is 5.56. The van der Waals surface area contributed by atoms with Gasteiger partial charge in [-0.15, -0.1) is 13.2 Å². The normalized spacial score (nSPS) is 17.6. The maximum atomic E-state index is 11.9. The second-order valence-corrected chi connectivity index (χ2v) is 4.34. The van der Waals surface area contributed by atoms with Crippen LogP contribution >= 0.6 is 0 Å². The van der Waals surface area contributed by atoms with Gasteiger partial charge in [0.1, 0.15) is 5.75 Å². The highest BCUT2D eigenvalue weighted by Gasteiger charge is 2.31. The molecule has 0 amide bonds. The first-order chi connectivity index (χ1) is 7.94.